The van der Waals surface area contributed by atoms with E-state index < -0.39 is 0 Å². The predicted molar refractivity (Wildman–Crippen MR) is 85.6 cm³/mol. The lowest BCUT2D eigenvalue weighted by molar-refractivity contribution is 0.430. The Bertz CT molecular complexity index is 676. The molecular weight excluding hydrogens is 262 g/mol. The Morgan fingerprint density at radius 1 is 1.19 bits per heavy atom. The summed E-state index contributed by atoms with van der Waals surface area (Å²) in [4.78, 5) is 12.0. The van der Waals surface area contributed by atoms with Gasteiger partial charge in [0.15, 0.2) is 0 Å². The molecule has 2 aromatic rings. The number of nitrogens with zero attached hydrogens (tertiary/aromatic N) is 2. The van der Waals surface area contributed by atoms with Gasteiger partial charge in [0.25, 0.3) is 5.56 Å². The smallest absolute Gasteiger partial charge is 0.266 e. The van der Waals surface area contributed by atoms with E-state index in [1.165, 1.54) is 16.7 Å². The molecule has 1 heterocycles. The molecular formula is C17H23N3O. The van der Waals surface area contributed by atoms with Gasteiger partial charge in [0.05, 0.1) is 18.3 Å². The SMILES string of the molecule is CCNC(Cn1nc(C)ccc1=O)c1cc(C)ccc1C. The van der Waals surface area contributed by atoms with Crippen molar-refractivity contribution in [1.82, 2.24) is 15.1 Å². The normalized spacial score (nSPS) is 12.4. The number of aromatic nitrogens is 2. The summed E-state index contributed by atoms with van der Waals surface area (Å²) in [6.07, 6.45) is 0. The molecule has 21 heavy (non-hydrogen) atoms. The highest BCUT2D eigenvalue weighted by Crippen LogP contribution is 2.20. The maximum atomic E-state index is 12.0. The minimum Gasteiger partial charge on any atom is -0.309 e. The van der Waals surface area contributed by atoms with Crippen LogP contribution in [0.5, 0.6) is 0 Å². The molecule has 112 valence electrons. The van der Waals surface area contributed by atoms with Crippen molar-refractivity contribution in [2.24, 2.45) is 0 Å². The second-order valence-electron chi connectivity index (χ2n) is 5.47. The standard InChI is InChI=1S/C17H23N3O/c1-5-18-16(15-10-12(2)6-7-13(15)3)11-20-17(21)9-8-14(4)19-20/h6-10,16,18H,5,11H2,1-4H3. The lowest BCUT2D eigenvalue weighted by atomic mass is 9.98. The molecule has 0 fully saturated rings. The van der Waals surface area contributed by atoms with E-state index in [-0.39, 0.29) is 11.6 Å². The lowest BCUT2D eigenvalue weighted by Gasteiger charge is -2.21. The second kappa shape index (κ2) is 6.68. The Kier molecular flexibility index (Phi) is 4.91. The van der Waals surface area contributed by atoms with Gasteiger partial charge in [0.2, 0.25) is 0 Å². The van der Waals surface area contributed by atoms with Crippen molar-refractivity contribution >= 4 is 0 Å². The van der Waals surface area contributed by atoms with Gasteiger partial charge in [-0.05, 0) is 44.5 Å². The van der Waals surface area contributed by atoms with Crippen molar-refractivity contribution in [3.63, 3.8) is 0 Å². The molecule has 0 radical (unpaired) electrons. The van der Waals surface area contributed by atoms with Crippen molar-refractivity contribution < 1.29 is 0 Å². The van der Waals surface area contributed by atoms with Crippen LogP contribution >= 0.6 is 0 Å². The number of benzene rings is 1. The molecule has 1 aromatic heterocycles. The zero-order valence-corrected chi connectivity index (χ0v) is 13.2. The van der Waals surface area contributed by atoms with Gasteiger partial charge in [0.1, 0.15) is 0 Å². The first-order valence-electron chi connectivity index (χ1n) is 7.36. The van der Waals surface area contributed by atoms with Crippen LogP contribution in [0.2, 0.25) is 0 Å². The Labute approximate surface area is 125 Å². The molecule has 0 aliphatic heterocycles. The number of nitrogens with one attached hydrogen (secondary N) is 1. The van der Waals surface area contributed by atoms with Gasteiger partial charge in [0, 0.05) is 6.07 Å². The molecule has 1 unspecified atom stereocenters. The first kappa shape index (κ1) is 15.4. The van der Waals surface area contributed by atoms with E-state index in [1.54, 1.807) is 16.8 Å². The number of rotatable bonds is 5. The summed E-state index contributed by atoms with van der Waals surface area (Å²) in [5, 5.41) is 7.80. The molecule has 1 aromatic carbocycles. The monoisotopic (exact) mass is 285 g/mol. The molecule has 0 saturated heterocycles. The quantitative estimate of drug-likeness (QED) is 0.918. The van der Waals surface area contributed by atoms with Gasteiger partial charge in [-0.3, -0.25) is 4.79 Å². The average Bonchev–Trinajstić information content (AvgIpc) is 2.45. The fourth-order valence-corrected chi connectivity index (χ4v) is 2.51. The number of hydrogen-bond donors (Lipinski definition) is 1. The molecule has 0 saturated carbocycles. The van der Waals surface area contributed by atoms with Gasteiger partial charge in [-0.25, -0.2) is 4.68 Å². The molecule has 4 heteroatoms. The molecule has 2 rings (SSSR count). The van der Waals surface area contributed by atoms with Crippen molar-refractivity contribution in [3.05, 3.63) is 63.1 Å². The summed E-state index contributed by atoms with van der Waals surface area (Å²) < 4.78 is 1.55. The number of likely N-dealkylation sites (N-methyl/N-ethyl adjacent to an activating group) is 1. The van der Waals surface area contributed by atoms with Gasteiger partial charge in [-0.2, -0.15) is 5.10 Å². The highest BCUT2D eigenvalue weighted by molar-refractivity contribution is 5.33. The van der Waals surface area contributed by atoms with E-state index in [1.807, 2.05) is 6.92 Å². The third-order valence-electron chi connectivity index (χ3n) is 3.62. The maximum Gasteiger partial charge on any atom is 0.266 e. The van der Waals surface area contributed by atoms with Crippen LogP contribution in [0.3, 0.4) is 0 Å². The van der Waals surface area contributed by atoms with Crippen LogP contribution in [-0.4, -0.2) is 16.3 Å². The Morgan fingerprint density at radius 2 is 1.95 bits per heavy atom. The second-order valence-corrected chi connectivity index (χ2v) is 5.47. The minimum atomic E-state index is -0.0613. The van der Waals surface area contributed by atoms with Crippen LogP contribution in [0.4, 0.5) is 0 Å². The molecule has 0 bridgehead atoms. The summed E-state index contributed by atoms with van der Waals surface area (Å²) in [5.74, 6) is 0. The summed E-state index contributed by atoms with van der Waals surface area (Å²) in [7, 11) is 0. The third kappa shape index (κ3) is 3.79. The topological polar surface area (TPSA) is 46.9 Å². The van der Waals surface area contributed by atoms with Crippen molar-refractivity contribution in [1.29, 1.82) is 0 Å². The van der Waals surface area contributed by atoms with Crippen molar-refractivity contribution in [2.45, 2.75) is 40.3 Å². The van der Waals surface area contributed by atoms with Crippen molar-refractivity contribution in [2.75, 3.05) is 6.54 Å². The van der Waals surface area contributed by atoms with Crippen LogP contribution < -0.4 is 10.9 Å². The van der Waals surface area contributed by atoms with Crippen LogP contribution in [0.1, 0.15) is 35.3 Å². The number of hydrogen-bond acceptors (Lipinski definition) is 3. The first-order valence-corrected chi connectivity index (χ1v) is 7.36. The van der Waals surface area contributed by atoms with Crippen LogP contribution in [0.25, 0.3) is 0 Å². The molecule has 4 nitrogen and oxygen atoms in total. The Hall–Kier alpha value is -1.94. The molecule has 1 atom stereocenters. The van der Waals surface area contributed by atoms with E-state index in [0.717, 1.165) is 12.2 Å². The average molecular weight is 285 g/mol. The highest BCUT2D eigenvalue weighted by atomic mass is 16.1. The van der Waals surface area contributed by atoms with E-state index in [2.05, 4.69) is 49.4 Å². The predicted octanol–water partition coefficient (Wildman–Crippen LogP) is 2.52. The van der Waals surface area contributed by atoms with Gasteiger partial charge in [-0.15, -0.1) is 0 Å². The third-order valence-corrected chi connectivity index (χ3v) is 3.62. The van der Waals surface area contributed by atoms with Gasteiger partial charge in [-0.1, -0.05) is 30.7 Å². The largest absolute Gasteiger partial charge is 0.309 e. The summed E-state index contributed by atoms with van der Waals surface area (Å²) >= 11 is 0. The summed E-state index contributed by atoms with van der Waals surface area (Å²) in [5.41, 5.74) is 4.47. The maximum absolute atomic E-state index is 12.0. The van der Waals surface area contributed by atoms with Crippen LogP contribution in [-0.2, 0) is 6.54 Å². The zero-order chi connectivity index (χ0) is 15.4. The van der Waals surface area contributed by atoms with E-state index in [4.69, 9.17) is 0 Å². The lowest BCUT2D eigenvalue weighted by Crippen LogP contribution is -2.32. The van der Waals surface area contributed by atoms with Crippen molar-refractivity contribution in [3.8, 4) is 0 Å². The van der Waals surface area contributed by atoms with Gasteiger partial charge >= 0.3 is 0 Å². The zero-order valence-electron chi connectivity index (χ0n) is 13.2. The molecule has 1 N–H and O–H groups in total. The fourth-order valence-electron chi connectivity index (χ4n) is 2.51. The Morgan fingerprint density at radius 3 is 2.67 bits per heavy atom. The highest BCUT2D eigenvalue weighted by Gasteiger charge is 2.15. The first-order chi connectivity index (χ1) is 10.0. The minimum absolute atomic E-state index is 0.0613. The summed E-state index contributed by atoms with van der Waals surface area (Å²) in [6, 6.07) is 9.83. The van der Waals surface area contributed by atoms with Crippen LogP contribution in [0, 0.1) is 20.8 Å². The van der Waals surface area contributed by atoms with E-state index >= 15 is 0 Å². The fraction of sp³-hybridized carbons (Fsp3) is 0.412. The molecule has 0 aliphatic carbocycles. The van der Waals surface area contributed by atoms with Gasteiger partial charge < -0.3 is 5.32 Å². The Balaban J connectivity index is 2.37. The van der Waals surface area contributed by atoms with E-state index in [0.29, 0.717) is 6.54 Å². The molecule has 0 spiro atoms. The van der Waals surface area contributed by atoms with Crippen LogP contribution in [0.15, 0.2) is 35.1 Å². The number of aryl methyl sites for hydroxylation is 3. The molecule has 0 amide bonds. The summed E-state index contributed by atoms with van der Waals surface area (Å²) in [6.45, 7) is 9.55. The van der Waals surface area contributed by atoms with E-state index in [9.17, 15) is 4.79 Å². The molecule has 0 aliphatic rings.